The highest BCUT2D eigenvalue weighted by molar-refractivity contribution is 5.92. The molecule has 1 aromatic carbocycles. The molecule has 10 nitrogen and oxygen atoms in total. The molecule has 0 saturated carbocycles. The number of anilines is 2. The number of nitrogens with one attached hydrogen (secondary N) is 2. The molecule has 194 valence electrons. The van der Waals surface area contributed by atoms with Gasteiger partial charge in [-0.15, -0.1) is 0 Å². The Kier molecular flexibility index (Phi) is 8.82. The lowest BCUT2D eigenvalue weighted by atomic mass is 10.0. The molecule has 1 saturated heterocycles. The van der Waals surface area contributed by atoms with E-state index in [2.05, 4.69) is 29.6 Å². The monoisotopic (exact) mass is 488 g/mol. The number of methoxy groups -OCH3 is 2. The highest BCUT2D eigenvalue weighted by atomic mass is 16.6. The van der Waals surface area contributed by atoms with Crippen LogP contribution < -0.4 is 20.1 Å². The number of likely N-dealkylation sites (tertiary alicyclic amines) is 1. The maximum Gasteiger partial charge on any atom is 0.410 e. The minimum absolute atomic E-state index is 0.168. The second-order valence-electron chi connectivity index (χ2n) is 10.1. The average Bonchev–Trinajstić information content (AvgIpc) is 2.80. The number of piperidine rings is 1. The molecule has 3 rings (SSSR count). The zero-order valence-corrected chi connectivity index (χ0v) is 22.1. The minimum Gasteiger partial charge on any atom is -0.493 e. The Morgan fingerprint density at radius 2 is 1.77 bits per heavy atom. The van der Waals surface area contributed by atoms with Crippen molar-refractivity contribution in [1.82, 2.24) is 19.8 Å². The van der Waals surface area contributed by atoms with E-state index in [4.69, 9.17) is 24.2 Å². The van der Waals surface area contributed by atoms with Gasteiger partial charge in [-0.3, -0.25) is 0 Å². The van der Waals surface area contributed by atoms with Crippen molar-refractivity contribution in [3.8, 4) is 11.5 Å². The van der Waals surface area contributed by atoms with Crippen LogP contribution in [-0.2, 0) is 4.74 Å². The lowest BCUT2D eigenvalue weighted by Crippen LogP contribution is -2.44. The van der Waals surface area contributed by atoms with E-state index in [0.29, 0.717) is 30.5 Å². The third-order valence-electron chi connectivity index (χ3n) is 5.75. The first kappa shape index (κ1) is 26.6. The summed E-state index contributed by atoms with van der Waals surface area (Å²) in [5.74, 6) is 2.55. The van der Waals surface area contributed by atoms with Gasteiger partial charge in [-0.05, 0) is 66.7 Å². The Morgan fingerprint density at radius 1 is 1.11 bits per heavy atom. The molecule has 1 fully saturated rings. The molecule has 2 aromatic rings. The number of carbonyl (C=O) groups is 1. The molecule has 2 heterocycles. The number of hydrogen-bond donors (Lipinski definition) is 2. The van der Waals surface area contributed by atoms with Gasteiger partial charge in [0.05, 0.1) is 19.7 Å². The molecule has 35 heavy (non-hydrogen) atoms. The zero-order valence-electron chi connectivity index (χ0n) is 22.1. The van der Waals surface area contributed by atoms with E-state index >= 15 is 0 Å². The number of amides is 1. The standard InChI is InChI=1S/C25H40N6O4/c1-25(2,3)35-24(32)31-13-9-17(10-14-31)27-22-18-15-20(33-6)21(34-7)16-19(18)28-23(29-22)26-11-8-12-30(4)5/h15-17H,8-14H2,1-7H3,(H2,26,27,28,29). The molecular formula is C25H40N6O4. The van der Waals surface area contributed by atoms with Crippen molar-refractivity contribution in [1.29, 1.82) is 0 Å². The molecule has 10 heteroatoms. The number of ether oxygens (including phenoxy) is 3. The van der Waals surface area contributed by atoms with Crippen molar-refractivity contribution < 1.29 is 19.0 Å². The van der Waals surface area contributed by atoms with Crippen LogP contribution in [0.3, 0.4) is 0 Å². The molecule has 0 radical (unpaired) electrons. The summed E-state index contributed by atoms with van der Waals surface area (Å²) in [5, 5.41) is 7.80. The molecule has 2 N–H and O–H groups in total. The second-order valence-corrected chi connectivity index (χ2v) is 10.1. The van der Waals surface area contributed by atoms with Gasteiger partial charge in [0.25, 0.3) is 0 Å². The summed E-state index contributed by atoms with van der Waals surface area (Å²) in [5.41, 5.74) is 0.267. The number of aromatic nitrogens is 2. The van der Waals surface area contributed by atoms with Crippen molar-refractivity contribution in [3.05, 3.63) is 12.1 Å². The van der Waals surface area contributed by atoms with Crippen LogP contribution in [0.25, 0.3) is 10.9 Å². The number of rotatable bonds is 9. The fourth-order valence-electron chi connectivity index (χ4n) is 3.97. The molecule has 0 aliphatic carbocycles. The largest absolute Gasteiger partial charge is 0.493 e. The van der Waals surface area contributed by atoms with Crippen LogP contribution in [0.1, 0.15) is 40.0 Å². The van der Waals surface area contributed by atoms with Gasteiger partial charge < -0.3 is 34.6 Å². The minimum atomic E-state index is -0.498. The van der Waals surface area contributed by atoms with Crippen molar-refractivity contribution in [2.45, 2.75) is 51.7 Å². The average molecular weight is 489 g/mol. The summed E-state index contributed by atoms with van der Waals surface area (Å²) in [6.45, 7) is 8.65. The van der Waals surface area contributed by atoms with Crippen molar-refractivity contribution in [2.24, 2.45) is 0 Å². The van der Waals surface area contributed by atoms with Gasteiger partial charge in [0.2, 0.25) is 5.95 Å². The van der Waals surface area contributed by atoms with E-state index in [1.165, 1.54) is 0 Å². The number of fused-ring (bicyclic) bond motifs is 1. The molecule has 0 unspecified atom stereocenters. The van der Waals surface area contributed by atoms with Crippen LogP contribution in [0.4, 0.5) is 16.6 Å². The normalized spacial score (nSPS) is 14.8. The fraction of sp³-hybridized carbons (Fsp3) is 0.640. The van der Waals surface area contributed by atoms with Crippen molar-refractivity contribution in [3.63, 3.8) is 0 Å². The van der Waals surface area contributed by atoms with E-state index in [0.717, 1.165) is 49.1 Å². The molecule has 0 spiro atoms. The highest BCUT2D eigenvalue weighted by Gasteiger charge is 2.27. The first-order valence-electron chi connectivity index (χ1n) is 12.2. The molecule has 1 amide bonds. The van der Waals surface area contributed by atoms with E-state index in [1.54, 1.807) is 19.1 Å². The van der Waals surface area contributed by atoms with E-state index in [9.17, 15) is 4.79 Å². The molecule has 1 aliphatic rings. The Morgan fingerprint density at radius 3 is 2.37 bits per heavy atom. The third kappa shape index (κ3) is 7.48. The summed E-state index contributed by atoms with van der Waals surface area (Å²) in [6.07, 6.45) is 2.31. The van der Waals surface area contributed by atoms with E-state index < -0.39 is 5.60 Å². The quantitative estimate of drug-likeness (QED) is 0.510. The van der Waals surface area contributed by atoms with Crippen molar-refractivity contribution >= 4 is 28.8 Å². The number of nitrogens with zero attached hydrogens (tertiary/aromatic N) is 4. The Balaban J connectivity index is 1.78. The number of carbonyl (C=O) groups excluding carboxylic acids is 1. The number of hydrogen-bond acceptors (Lipinski definition) is 9. The fourth-order valence-corrected chi connectivity index (χ4v) is 3.97. The van der Waals surface area contributed by atoms with Gasteiger partial charge in [-0.2, -0.15) is 4.98 Å². The Hall–Kier alpha value is -3.01. The van der Waals surface area contributed by atoms with Crippen molar-refractivity contribution in [2.75, 3.05) is 65.1 Å². The maximum absolute atomic E-state index is 12.4. The summed E-state index contributed by atoms with van der Waals surface area (Å²) in [7, 11) is 7.35. The van der Waals surface area contributed by atoms with Crippen LogP contribution in [-0.4, -0.2) is 92.0 Å². The zero-order chi connectivity index (χ0) is 25.6. The van der Waals surface area contributed by atoms with Crippen LogP contribution >= 0.6 is 0 Å². The number of benzene rings is 1. The van der Waals surface area contributed by atoms with Gasteiger partial charge in [0, 0.05) is 37.1 Å². The molecule has 1 aliphatic heterocycles. The van der Waals surface area contributed by atoms with E-state index in [-0.39, 0.29) is 12.1 Å². The summed E-state index contributed by atoms with van der Waals surface area (Å²) < 4.78 is 16.5. The predicted molar refractivity (Wildman–Crippen MR) is 139 cm³/mol. The van der Waals surface area contributed by atoms with Crippen LogP contribution in [0.2, 0.25) is 0 Å². The topological polar surface area (TPSA) is 101 Å². The van der Waals surface area contributed by atoms with Gasteiger partial charge in [0.1, 0.15) is 11.4 Å². The first-order valence-corrected chi connectivity index (χ1v) is 12.2. The lowest BCUT2D eigenvalue weighted by molar-refractivity contribution is 0.0210. The van der Waals surface area contributed by atoms with Gasteiger partial charge in [-0.25, -0.2) is 9.78 Å². The van der Waals surface area contributed by atoms with Crippen LogP contribution in [0.15, 0.2) is 12.1 Å². The third-order valence-corrected chi connectivity index (χ3v) is 5.75. The molecular weight excluding hydrogens is 448 g/mol. The first-order chi connectivity index (χ1) is 16.6. The molecule has 0 bridgehead atoms. The van der Waals surface area contributed by atoms with E-state index in [1.807, 2.05) is 32.9 Å². The Labute approximate surface area is 208 Å². The summed E-state index contributed by atoms with van der Waals surface area (Å²) in [4.78, 5) is 25.9. The maximum atomic E-state index is 12.4. The highest BCUT2D eigenvalue weighted by Crippen LogP contribution is 2.35. The molecule has 1 aromatic heterocycles. The SMILES string of the molecule is COc1cc2nc(NCCCN(C)C)nc(NC3CCN(C(=O)OC(C)(C)C)CC3)c2cc1OC. The summed E-state index contributed by atoms with van der Waals surface area (Å²) in [6, 6.07) is 3.95. The van der Waals surface area contributed by atoms with Gasteiger partial charge >= 0.3 is 6.09 Å². The molecule has 0 atom stereocenters. The van der Waals surface area contributed by atoms with Gasteiger partial charge in [0.15, 0.2) is 11.5 Å². The lowest BCUT2D eigenvalue weighted by Gasteiger charge is -2.34. The summed E-state index contributed by atoms with van der Waals surface area (Å²) >= 11 is 0. The second kappa shape index (κ2) is 11.6. The smallest absolute Gasteiger partial charge is 0.410 e. The Bertz CT molecular complexity index is 1000. The van der Waals surface area contributed by atoms with Gasteiger partial charge in [-0.1, -0.05) is 0 Å². The van der Waals surface area contributed by atoms with Crippen LogP contribution in [0, 0.1) is 0 Å². The van der Waals surface area contributed by atoms with Crippen LogP contribution in [0.5, 0.6) is 11.5 Å². The predicted octanol–water partition coefficient (Wildman–Crippen LogP) is 3.82.